The van der Waals surface area contributed by atoms with Gasteiger partial charge in [-0.25, -0.2) is 13.1 Å². The van der Waals surface area contributed by atoms with Crippen LogP contribution in [0.3, 0.4) is 0 Å². The fourth-order valence-corrected chi connectivity index (χ4v) is 3.52. The molecule has 0 unspecified atom stereocenters. The van der Waals surface area contributed by atoms with E-state index in [1.807, 2.05) is 0 Å². The molecule has 2 N–H and O–H groups in total. The Balaban J connectivity index is 1.73. The molecule has 1 amide bonds. The summed E-state index contributed by atoms with van der Waals surface area (Å²) >= 11 is 0. The maximum absolute atomic E-state index is 12.3. The summed E-state index contributed by atoms with van der Waals surface area (Å²) in [6, 6.07) is 6.55. The van der Waals surface area contributed by atoms with Gasteiger partial charge in [-0.2, -0.15) is 5.10 Å². The first kappa shape index (κ1) is 14.7. The number of amides is 1. The van der Waals surface area contributed by atoms with Crippen molar-refractivity contribution < 1.29 is 13.2 Å². The zero-order valence-corrected chi connectivity index (χ0v) is 12.9. The van der Waals surface area contributed by atoms with Crippen molar-refractivity contribution in [3.8, 4) is 0 Å². The maximum Gasteiger partial charge on any atom is 0.240 e. The zero-order chi connectivity index (χ0) is 15.7. The summed E-state index contributed by atoms with van der Waals surface area (Å²) in [5.41, 5.74) is 2.37. The molecule has 2 aromatic rings. The number of likely N-dealkylation sites (N-methyl/N-ethyl adjacent to an activating group) is 1. The van der Waals surface area contributed by atoms with Crippen molar-refractivity contribution in [2.24, 2.45) is 0 Å². The molecule has 0 saturated heterocycles. The zero-order valence-electron chi connectivity index (χ0n) is 12.0. The molecule has 0 saturated carbocycles. The maximum atomic E-state index is 12.3. The number of carbonyl (C=O) groups is 1. The molecule has 22 heavy (non-hydrogen) atoms. The highest BCUT2D eigenvalue weighted by Gasteiger charge is 2.26. The molecule has 0 radical (unpaired) electrons. The second-order valence-electron chi connectivity index (χ2n) is 5.15. The van der Waals surface area contributed by atoms with Gasteiger partial charge in [0, 0.05) is 37.6 Å². The summed E-state index contributed by atoms with van der Waals surface area (Å²) in [7, 11) is -1.90. The van der Waals surface area contributed by atoms with E-state index < -0.39 is 10.0 Å². The summed E-state index contributed by atoms with van der Waals surface area (Å²) in [6.45, 7) is 0.278. The van der Waals surface area contributed by atoms with E-state index in [1.165, 1.54) is 11.0 Å². The smallest absolute Gasteiger partial charge is 0.240 e. The molecular weight excluding hydrogens is 304 g/mol. The molecule has 0 aliphatic carbocycles. The standard InChI is InChI=1S/C14H16N4O3S/c1-18-13-3-2-12(8-10(13)9-14(18)19)22(20,21)16-7-5-11-4-6-15-17-11/h2-4,6,8,16H,5,7,9H2,1H3,(H,15,17). The van der Waals surface area contributed by atoms with Crippen molar-refractivity contribution in [1.82, 2.24) is 14.9 Å². The number of anilines is 1. The van der Waals surface area contributed by atoms with Gasteiger partial charge in [0.15, 0.2) is 0 Å². The van der Waals surface area contributed by atoms with Crippen LogP contribution in [0.15, 0.2) is 35.4 Å². The van der Waals surface area contributed by atoms with E-state index in [0.717, 1.165) is 16.9 Å². The van der Waals surface area contributed by atoms with E-state index in [-0.39, 0.29) is 23.8 Å². The van der Waals surface area contributed by atoms with Gasteiger partial charge < -0.3 is 4.90 Å². The van der Waals surface area contributed by atoms with Crippen LogP contribution in [0.4, 0.5) is 5.69 Å². The van der Waals surface area contributed by atoms with Gasteiger partial charge in [0.25, 0.3) is 0 Å². The molecule has 0 atom stereocenters. The minimum absolute atomic E-state index is 0.0308. The van der Waals surface area contributed by atoms with Crippen LogP contribution in [0.5, 0.6) is 0 Å². The monoisotopic (exact) mass is 320 g/mol. The summed E-state index contributed by atoms with van der Waals surface area (Å²) in [4.78, 5) is 13.4. The van der Waals surface area contributed by atoms with Crippen molar-refractivity contribution >= 4 is 21.6 Å². The predicted octanol–water partition coefficient (Wildman–Crippen LogP) is 0.450. The predicted molar refractivity (Wildman–Crippen MR) is 81.0 cm³/mol. The van der Waals surface area contributed by atoms with Crippen molar-refractivity contribution in [1.29, 1.82) is 0 Å². The van der Waals surface area contributed by atoms with Gasteiger partial charge in [0.2, 0.25) is 15.9 Å². The molecule has 1 aliphatic heterocycles. The number of H-pyrrole nitrogens is 1. The van der Waals surface area contributed by atoms with Crippen LogP contribution in [0.2, 0.25) is 0 Å². The van der Waals surface area contributed by atoms with E-state index >= 15 is 0 Å². The van der Waals surface area contributed by atoms with Crippen molar-refractivity contribution in [3.05, 3.63) is 41.7 Å². The number of nitrogens with zero attached hydrogens (tertiary/aromatic N) is 2. The highest BCUT2D eigenvalue weighted by molar-refractivity contribution is 7.89. The third-order valence-corrected chi connectivity index (χ3v) is 5.14. The number of sulfonamides is 1. The fourth-order valence-electron chi connectivity index (χ4n) is 2.44. The first-order chi connectivity index (χ1) is 10.5. The molecule has 0 bridgehead atoms. The van der Waals surface area contributed by atoms with E-state index in [4.69, 9.17) is 0 Å². The summed E-state index contributed by atoms with van der Waals surface area (Å²) < 4.78 is 27.1. The summed E-state index contributed by atoms with van der Waals surface area (Å²) in [5, 5.41) is 6.59. The number of rotatable bonds is 5. The van der Waals surface area contributed by atoms with Gasteiger partial charge in [-0.1, -0.05) is 0 Å². The van der Waals surface area contributed by atoms with Crippen LogP contribution in [0.25, 0.3) is 0 Å². The van der Waals surface area contributed by atoms with E-state index in [9.17, 15) is 13.2 Å². The first-order valence-corrected chi connectivity index (χ1v) is 8.33. The average Bonchev–Trinajstić information content (AvgIpc) is 3.08. The number of carbonyl (C=O) groups excluding carboxylic acids is 1. The van der Waals surface area contributed by atoms with Gasteiger partial charge in [-0.05, 0) is 29.8 Å². The van der Waals surface area contributed by atoms with Gasteiger partial charge in [0.05, 0.1) is 11.3 Å². The number of hydrogen-bond acceptors (Lipinski definition) is 4. The van der Waals surface area contributed by atoms with Gasteiger partial charge in [-0.15, -0.1) is 0 Å². The lowest BCUT2D eigenvalue weighted by atomic mass is 10.2. The molecule has 1 aromatic heterocycles. The van der Waals surface area contributed by atoms with E-state index in [2.05, 4.69) is 14.9 Å². The molecule has 7 nitrogen and oxygen atoms in total. The Morgan fingerprint density at radius 3 is 2.91 bits per heavy atom. The molecular formula is C14H16N4O3S. The molecule has 2 heterocycles. The van der Waals surface area contributed by atoms with Crippen LogP contribution in [0, 0.1) is 0 Å². The number of nitrogens with one attached hydrogen (secondary N) is 2. The average molecular weight is 320 g/mol. The highest BCUT2D eigenvalue weighted by atomic mass is 32.2. The van der Waals surface area contributed by atoms with Crippen LogP contribution in [-0.2, 0) is 27.7 Å². The molecule has 0 fully saturated rings. The Hall–Kier alpha value is -2.19. The molecule has 3 rings (SSSR count). The van der Waals surface area contributed by atoms with E-state index in [0.29, 0.717) is 6.42 Å². The van der Waals surface area contributed by atoms with Crippen LogP contribution in [0.1, 0.15) is 11.3 Å². The van der Waals surface area contributed by atoms with Gasteiger partial charge >= 0.3 is 0 Å². The van der Waals surface area contributed by atoms with Crippen molar-refractivity contribution in [3.63, 3.8) is 0 Å². The lowest BCUT2D eigenvalue weighted by Crippen LogP contribution is -2.26. The number of benzene rings is 1. The molecule has 1 aliphatic rings. The van der Waals surface area contributed by atoms with Crippen LogP contribution in [-0.4, -0.2) is 38.1 Å². The fraction of sp³-hybridized carbons (Fsp3) is 0.286. The SMILES string of the molecule is CN1C(=O)Cc2cc(S(=O)(=O)NCCc3ccn[nH]3)ccc21. The third kappa shape index (κ3) is 2.75. The number of aromatic nitrogens is 2. The van der Waals surface area contributed by atoms with Crippen molar-refractivity contribution in [2.75, 3.05) is 18.5 Å². The normalized spacial score (nSPS) is 14.4. The Morgan fingerprint density at radius 2 is 2.18 bits per heavy atom. The van der Waals surface area contributed by atoms with Gasteiger partial charge in [-0.3, -0.25) is 9.89 Å². The third-order valence-electron chi connectivity index (χ3n) is 3.68. The number of aromatic amines is 1. The summed E-state index contributed by atoms with van der Waals surface area (Å²) in [6.07, 6.45) is 2.40. The van der Waals surface area contributed by atoms with Crippen LogP contribution >= 0.6 is 0 Å². The number of hydrogen-bond donors (Lipinski definition) is 2. The Kier molecular flexibility index (Phi) is 3.71. The largest absolute Gasteiger partial charge is 0.315 e. The Morgan fingerprint density at radius 1 is 1.36 bits per heavy atom. The topological polar surface area (TPSA) is 95.2 Å². The second kappa shape index (κ2) is 5.54. The summed E-state index contributed by atoms with van der Waals surface area (Å²) in [5.74, 6) is -0.0308. The lowest BCUT2D eigenvalue weighted by molar-refractivity contribution is -0.117. The molecule has 116 valence electrons. The molecule has 1 aromatic carbocycles. The van der Waals surface area contributed by atoms with Gasteiger partial charge in [0.1, 0.15) is 0 Å². The lowest BCUT2D eigenvalue weighted by Gasteiger charge is -2.11. The molecule has 0 spiro atoms. The highest BCUT2D eigenvalue weighted by Crippen LogP contribution is 2.29. The Labute approximate surface area is 128 Å². The quantitative estimate of drug-likeness (QED) is 0.836. The second-order valence-corrected chi connectivity index (χ2v) is 6.92. The minimum atomic E-state index is -3.58. The van der Waals surface area contributed by atoms with E-state index in [1.54, 1.807) is 31.4 Å². The van der Waals surface area contributed by atoms with Crippen molar-refractivity contribution in [2.45, 2.75) is 17.7 Å². The Bertz CT molecular complexity index is 800. The number of fused-ring (bicyclic) bond motifs is 1. The first-order valence-electron chi connectivity index (χ1n) is 6.85. The van der Waals surface area contributed by atoms with Crippen LogP contribution < -0.4 is 9.62 Å². The molecule has 8 heteroatoms. The minimum Gasteiger partial charge on any atom is -0.315 e.